The van der Waals surface area contributed by atoms with Gasteiger partial charge in [0.25, 0.3) is 11.1 Å². The van der Waals surface area contributed by atoms with Crippen molar-refractivity contribution in [1.29, 1.82) is 0 Å². The van der Waals surface area contributed by atoms with Crippen molar-refractivity contribution >= 4 is 40.9 Å². The summed E-state index contributed by atoms with van der Waals surface area (Å²) in [6, 6.07) is 8.48. The summed E-state index contributed by atoms with van der Waals surface area (Å²) in [7, 11) is 0. The monoisotopic (exact) mass is 415 g/mol. The van der Waals surface area contributed by atoms with Crippen LogP contribution >= 0.6 is 11.8 Å². The van der Waals surface area contributed by atoms with Gasteiger partial charge in [-0.2, -0.15) is 0 Å². The molecule has 1 saturated heterocycles. The first-order valence-electron chi connectivity index (χ1n) is 8.69. The highest BCUT2D eigenvalue weighted by Crippen LogP contribution is 2.35. The number of carbonyl (C=O) groups excluding carboxylic acids is 3. The third-order valence-electron chi connectivity index (χ3n) is 4.16. The number of aromatic carboxylic acids is 1. The van der Waals surface area contributed by atoms with Gasteiger partial charge in [0.15, 0.2) is 0 Å². The zero-order valence-electron chi connectivity index (χ0n) is 15.6. The lowest BCUT2D eigenvalue weighted by Crippen LogP contribution is -2.42. The Balaban J connectivity index is 1.86. The first-order chi connectivity index (χ1) is 13.8. The Morgan fingerprint density at radius 3 is 2.66 bits per heavy atom. The van der Waals surface area contributed by atoms with Crippen LogP contribution in [0.4, 0.5) is 4.79 Å². The predicted molar refractivity (Wildman–Crippen MR) is 105 cm³/mol. The van der Waals surface area contributed by atoms with Crippen LogP contribution in [0.2, 0.25) is 0 Å². The summed E-state index contributed by atoms with van der Waals surface area (Å²) in [5.74, 6) is -1.79. The first-order valence-corrected chi connectivity index (χ1v) is 9.51. The first kappa shape index (κ1) is 20.4. The molecule has 1 atom stereocenters. The summed E-state index contributed by atoms with van der Waals surface area (Å²) in [5.41, 5.74) is 0.473. The lowest BCUT2D eigenvalue weighted by atomic mass is 10.1. The molecule has 1 fully saturated rings. The fraction of sp³-hybridized carbons (Fsp3) is 0.200. The summed E-state index contributed by atoms with van der Waals surface area (Å²) in [6.45, 7) is 3.20. The van der Waals surface area contributed by atoms with E-state index in [1.807, 2.05) is 0 Å². The number of imide groups is 1. The second-order valence-electron chi connectivity index (χ2n) is 6.03. The molecule has 0 bridgehead atoms. The quantitative estimate of drug-likeness (QED) is 0.562. The van der Waals surface area contributed by atoms with E-state index in [1.54, 1.807) is 37.3 Å². The van der Waals surface area contributed by atoms with E-state index in [0.29, 0.717) is 23.1 Å². The molecule has 0 radical (unpaired) electrons. The molecule has 9 heteroatoms. The number of esters is 1. The minimum absolute atomic E-state index is 0.0805. The normalized spacial score (nSPS) is 16.3. The molecule has 150 valence electrons. The molecule has 2 amide bonds. The molecule has 1 aromatic carbocycles. The molecule has 1 aliphatic rings. The number of carbonyl (C=O) groups is 4. The number of rotatable bonds is 6. The molecule has 1 N–H and O–H groups in total. The van der Waals surface area contributed by atoms with Crippen molar-refractivity contribution in [3.8, 4) is 11.3 Å². The average Bonchev–Trinajstić information content (AvgIpc) is 3.26. The van der Waals surface area contributed by atoms with Gasteiger partial charge in [-0.1, -0.05) is 18.2 Å². The van der Waals surface area contributed by atoms with E-state index in [4.69, 9.17) is 9.15 Å². The van der Waals surface area contributed by atoms with Crippen LogP contribution in [-0.4, -0.2) is 45.7 Å². The fourth-order valence-electron chi connectivity index (χ4n) is 2.77. The second-order valence-corrected chi connectivity index (χ2v) is 7.03. The molecule has 1 aliphatic heterocycles. The topological polar surface area (TPSA) is 114 Å². The minimum atomic E-state index is -1.09. The maximum Gasteiger partial charge on any atom is 0.336 e. The van der Waals surface area contributed by atoms with E-state index in [9.17, 15) is 24.3 Å². The van der Waals surface area contributed by atoms with E-state index < -0.39 is 29.1 Å². The molecular weight excluding hydrogens is 398 g/mol. The van der Waals surface area contributed by atoms with E-state index in [-0.39, 0.29) is 22.8 Å². The van der Waals surface area contributed by atoms with Crippen molar-refractivity contribution in [3.63, 3.8) is 0 Å². The zero-order chi connectivity index (χ0) is 21.1. The van der Waals surface area contributed by atoms with Crippen molar-refractivity contribution in [2.75, 3.05) is 6.61 Å². The molecule has 0 spiro atoms. The van der Waals surface area contributed by atoms with Crippen LogP contribution in [-0.2, 0) is 14.3 Å². The molecule has 3 rings (SSSR count). The van der Waals surface area contributed by atoms with E-state index in [1.165, 1.54) is 19.1 Å². The fourth-order valence-corrected chi connectivity index (χ4v) is 3.66. The van der Waals surface area contributed by atoms with Crippen LogP contribution in [0.3, 0.4) is 0 Å². The Morgan fingerprint density at radius 2 is 1.97 bits per heavy atom. The van der Waals surface area contributed by atoms with Gasteiger partial charge in [0.1, 0.15) is 17.6 Å². The molecule has 0 saturated carbocycles. The summed E-state index contributed by atoms with van der Waals surface area (Å²) in [6.07, 6.45) is 1.38. The van der Waals surface area contributed by atoms with Gasteiger partial charge in [0.2, 0.25) is 0 Å². The molecule has 2 aromatic rings. The van der Waals surface area contributed by atoms with Crippen LogP contribution in [0.15, 0.2) is 45.7 Å². The molecule has 29 heavy (non-hydrogen) atoms. The Morgan fingerprint density at radius 1 is 1.24 bits per heavy atom. The maximum absolute atomic E-state index is 12.6. The number of carboxylic acid groups (broad SMARTS) is 1. The van der Waals surface area contributed by atoms with Crippen molar-refractivity contribution in [3.05, 3.63) is 52.6 Å². The number of benzene rings is 1. The lowest BCUT2D eigenvalue weighted by Gasteiger charge is -2.19. The largest absolute Gasteiger partial charge is 0.478 e. The Bertz CT molecular complexity index is 1020. The van der Waals surface area contributed by atoms with Gasteiger partial charge in [-0.25, -0.2) is 9.59 Å². The van der Waals surface area contributed by atoms with Crippen LogP contribution in [0.25, 0.3) is 17.4 Å². The average molecular weight is 415 g/mol. The highest BCUT2D eigenvalue weighted by atomic mass is 32.2. The van der Waals surface area contributed by atoms with Gasteiger partial charge in [0, 0.05) is 11.6 Å². The van der Waals surface area contributed by atoms with Gasteiger partial charge >= 0.3 is 11.9 Å². The van der Waals surface area contributed by atoms with Gasteiger partial charge in [-0.15, -0.1) is 0 Å². The molecule has 8 nitrogen and oxygen atoms in total. The van der Waals surface area contributed by atoms with Crippen LogP contribution in [0.1, 0.15) is 30.0 Å². The smallest absolute Gasteiger partial charge is 0.336 e. The Kier molecular flexibility index (Phi) is 5.88. The number of carboxylic acids is 1. The minimum Gasteiger partial charge on any atom is -0.478 e. The Labute approximate surface area is 170 Å². The van der Waals surface area contributed by atoms with Gasteiger partial charge in [-0.05, 0) is 43.8 Å². The Hall–Kier alpha value is -3.33. The van der Waals surface area contributed by atoms with Crippen molar-refractivity contribution in [2.24, 2.45) is 0 Å². The van der Waals surface area contributed by atoms with E-state index in [0.717, 1.165) is 4.90 Å². The van der Waals surface area contributed by atoms with Crippen molar-refractivity contribution in [2.45, 2.75) is 19.9 Å². The van der Waals surface area contributed by atoms with Crippen molar-refractivity contribution < 1.29 is 33.4 Å². The highest BCUT2D eigenvalue weighted by Gasteiger charge is 2.41. The number of nitrogens with zero attached hydrogens (tertiary/aromatic N) is 1. The van der Waals surface area contributed by atoms with E-state index in [2.05, 4.69) is 0 Å². The maximum atomic E-state index is 12.6. The summed E-state index contributed by atoms with van der Waals surface area (Å²) < 4.78 is 10.5. The lowest BCUT2D eigenvalue weighted by molar-refractivity contribution is -0.150. The molecular formula is C20H17NO7S. The molecule has 1 aromatic heterocycles. The van der Waals surface area contributed by atoms with E-state index >= 15 is 0 Å². The summed E-state index contributed by atoms with van der Waals surface area (Å²) >= 11 is 0.690. The summed E-state index contributed by atoms with van der Waals surface area (Å²) in [5, 5.41) is 8.73. The molecule has 0 aliphatic carbocycles. The SMILES string of the molecule is CCOC(=O)[C@@H](C)N1C(=O)S/C(=C/c2ccc(-c3ccccc3C(=O)O)o2)C1=O. The van der Waals surface area contributed by atoms with Gasteiger partial charge in [-0.3, -0.25) is 14.5 Å². The van der Waals surface area contributed by atoms with Crippen LogP contribution < -0.4 is 0 Å². The predicted octanol–water partition coefficient (Wildman–Crippen LogP) is 3.63. The number of hydrogen-bond acceptors (Lipinski definition) is 7. The highest BCUT2D eigenvalue weighted by molar-refractivity contribution is 8.18. The molecule has 2 heterocycles. The van der Waals surface area contributed by atoms with Crippen molar-refractivity contribution in [1.82, 2.24) is 4.90 Å². The number of ether oxygens (including phenoxy) is 1. The van der Waals surface area contributed by atoms with Crippen LogP contribution in [0.5, 0.6) is 0 Å². The van der Waals surface area contributed by atoms with Crippen LogP contribution in [0, 0.1) is 0 Å². The van der Waals surface area contributed by atoms with Gasteiger partial charge < -0.3 is 14.3 Å². The molecule has 0 unspecified atom stereocenters. The summed E-state index contributed by atoms with van der Waals surface area (Å²) in [4.78, 5) is 49.0. The number of hydrogen-bond donors (Lipinski definition) is 1. The number of furan rings is 1. The third kappa shape index (κ3) is 4.09. The standard InChI is InChI=1S/C20H17NO7S/c1-3-27-19(25)11(2)21-17(22)16(29-20(21)26)10-12-8-9-15(28-12)13-6-4-5-7-14(13)18(23)24/h4-11H,3H2,1-2H3,(H,23,24)/b16-10+/t11-/m1/s1. The number of thioether (sulfide) groups is 1. The third-order valence-corrected chi connectivity index (χ3v) is 5.05. The second kappa shape index (κ2) is 8.36. The van der Waals surface area contributed by atoms with Gasteiger partial charge in [0.05, 0.1) is 17.1 Å². The number of amides is 2. The zero-order valence-corrected chi connectivity index (χ0v) is 16.4.